The number of benzene rings is 1. The first-order valence-corrected chi connectivity index (χ1v) is 6.75. The summed E-state index contributed by atoms with van der Waals surface area (Å²) in [6, 6.07) is 8.86. The van der Waals surface area contributed by atoms with E-state index in [1.165, 1.54) is 4.90 Å². The first-order chi connectivity index (χ1) is 10.1. The monoisotopic (exact) mass is 287 g/mol. The Morgan fingerprint density at radius 3 is 2.90 bits per heavy atom. The van der Waals surface area contributed by atoms with Crippen LogP contribution in [0.2, 0.25) is 0 Å². The van der Waals surface area contributed by atoms with Crippen molar-refractivity contribution in [2.45, 2.75) is 18.9 Å². The Balaban J connectivity index is 1.77. The van der Waals surface area contributed by atoms with Gasteiger partial charge in [0.25, 0.3) is 5.91 Å². The molecule has 0 unspecified atom stereocenters. The number of nitrogens with one attached hydrogen (secondary N) is 1. The van der Waals surface area contributed by atoms with Crippen molar-refractivity contribution in [2.24, 2.45) is 0 Å². The predicted molar refractivity (Wildman–Crippen MR) is 75.5 cm³/mol. The summed E-state index contributed by atoms with van der Waals surface area (Å²) in [6.45, 7) is -0.140. The number of nitrogens with zero attached hydrogens (tertiary/aromatic N) is 2. The molecule has 0 spiro atoms. The lowest BCUT2D eigenvalue weighted by Gasteiger charge is -2.17. The molecule has 1 aromatic carbocycles. The third kappa shape index (κ3) is 4.80. The number of carbonyl (C=O) groups excluding carboxylic acids is 2. The van der Waals surface area contributed by atoms with Crippen LogP contribution >= 0.6 is 0 Å². The molecule has 1 aromatic rings. The molecule has 2 amide bonds. The van der Waals surface area contributed by atoms with E-state index in [0.29, 0.717) is 11.3 Å². The van der Waals surface area contributed by atoms with Gasteiger partial charge in [-0.1, -0.05) is 6.07 Å². The third-order valence-corrected chi connectivity index (χ3v) is 3.07. The van der Waals surface area contributed by atoms with Crippen LogP contribution in [0, 0.1) is 11.3 Å². The maximum Gasteiger partial charge on any atom is 0.260 e. The van der Waals surface area contributed by atoms with Gasteiger partial charge < -0.3 is 15.0 Å². The molecule has 0 atom stereocenters. The third-order valence-electron chi connectivity index (χ3n) is 3.07. The van der Waals surface area contributed by atoms with Gasteiger partial charge >= 0.3 is 0 Å². The molecule has 0 saturated heterocycles. The van der Waals surface area contributed by atoms with Crippen LogP contribution in [0.25, 0.3) is 0 Å². The Kier molecular flexibility index (Phi) is 4.77. The van der Waals surface area contributed by atoms with Gasteiger partial charge in [-0.05, 0) is 31.0 Å². The van der Waals surface area contributed by atoms with Crippen LogP contribution in [0.5, 0.6) is 5.75 Å². The average molecular weight is 287 g/mol. The van der Waals surface area contributed by atoms with E-state index in [2.05, 4.69) is 5.32 Å². The molecule has 0 aliphatic heterocycles. The van der Waals surface area contributed by atoms with Gasteiger partial charge in [0, 0.05) is 13.1 Å². The van der Waals surface area contributed by atoms with Gasteiger partial charge in [-0.2, -0.15) is 5.26 Å². The molecule has 6 heteroatoms. The Bertz CT molecular complexity index is 576. The molecule has 21 heavy (non-hydrogen) atoms. The quantitative estimate of drug-likeness (QED) is 0.834. The van der Waals surface area contributed by atoms with Gasteiger partial charge in [-0.15, -0.1) is 0 Å². The van der Waals surface area contributed by atoms with Crippen molar-refractivity contribution in [1.82, 2.24) is 10.2 Å². The van der Waals surface area contributed by atoms with Gasteiger partial charge in [0.1, 0.15) is 5.75 Å². The minimum absolute atomic E-state index is 0.0247. The zero-order valence-electron chi connectivity index (χ0n) is 11.8. The highest BCUT2D eigenvalue weighted by atomic mass is 16.5. The first kappa shape index (κ1) is 14.9. The highest BCUT2D eigenvalue weighted by Gasteiger charge is 2.24. The lowest BCUT2D eigenvalue weighted by Crippen LogP contribution is -2.40. The van der Waals surface area contributed by atoms with E-state index >= 15 is 0 Å². The second-order valence-corrected chi connectivity index (χ2v) is 5.02. The number of hydrogen-bond donors (Lipinski definition) is 1. The maximum atomic E-state index is 11.9. The summed E-state index contributed by atoms with van der Waals surface area (Å²) in [4.78, 5) is 24.8. The van der Waals surface area contributed by atoms with Crippen molar-refractivity contribution in [2.75, 3.05) is 20.2 Å². The summed E-state index contributed by atoms with van der Waals surface area (Å²) >= 11 is 0. The lowest BCUT2D eigenvalue weighted by molar-refractivity contribution is -0.136. The summed E-state index contributed by atoms with van der Waals surface area (Å²) in [6.07, 6.45) is 2.03. The zero-order chi connectivity index (χ0) is 15.2. The van der Waals surface area contributed by atoms with E-state index in [1.807, 2.05) is 6.07 Å². The molecule has 1 saturated carbocycles. The molecule has 0 radical (unpaired) electrons. The van der Waals surface area contributed by atoms with E-state index in [1.54, 1.807) is 31.3 Å². The minimum Gasteiger partial charge on any atom is -0.484 e. The molecule has 0 heterocycles. The smallest absolute Gasteiger partial charge is 0.260 e. The van der Waals surface area contributed by atoms with Gasteiger partial charge in [-0.25, -0.2) is 0 Å². The molecule has 1 N–H and O–H groups in total. The largest absolute Gasteiger partial charge is 0.484 e. The summed E-state index contributed by atoms with van der Waals surface area (Å²) in [5.74, 6) is 0.0152. The van der Waals surface area contributed by atoms with E-state index in [0.717, 1.165) is 12.8 Å². The standard InChI is InChI=1S/C15H17N3O3/c1-18(9-14(19)17-12-5-6-12)15(20)10-21-13-4-2-3-11(7-13)8-16/h2-4,7,12H,5-6,9-10H2,1H3,(H,17,19). The SMILES string of the molecule is CN(CC(=O)NC1CC1)C(=O)COc1cccc(C#N)c1. The molecule has 1 aliphatic rings. The Hall–Kier alpha value is -2.55. The van der Waals surface area contributed by atoms with Crippen molar-refractivity contribution in [3.63, 3.8) is 0 Å². The van der Waals surface area contributed by atoms with E-state index in [9.17, 15) is 9.59 Å². The second-order valence-electron chi connectivity index (χ2n) is 5.02. The van der Waals surface area contributed by atoms with Crippen LogP contribution in [0.3, 0.4) is 0 Å². The van der Waals surface area contributed by atoms with Crippen LogP contribution in [-0.4, -0.2) is 43.0 Å². The van der Waals surface area contributed by atoms with E-state index < -0.39 is 0 Å². The molecule has 0 bridgehead atoms. The fraction of sp³-hybridized carbons (Fsp3) is 0.400. The van der Waals surface area contributed by atoms with Crippen molar-refractivity contribution in [1.29, 1.82) is 5.26 Å². The molecule has 2 rings (SSSR count). The Morgan fingerprint density at radius 1 is 1.48 bits per heavy atom. The van der Waals surface area contributed by atoms with Gasteiger partial charge in [-0.3, -0.25) is 9.59 Å². The number of hydrogen-bond acceptors (Lipinski definition) is 4. The summed E-state index contributed by atoms with van der Waals surface area (Å²) in [5, 5.41) is 11.6. The van der Waals surface area contributed by atoms with Gasteiger partial charge in [0.2, 0.25) is 5.91 Å². The summed E-state index contributed by atoms with van der Waals surface area (Å²) in [7, 11) is 1.56. The summed E-state index contributed by atoms with van der Waals surface area (Å²) in [5.41, 5.74) is 0.470. The fourth-order valence-corrected chi connectivity index (χ4v) is 1.72. The highest BCUT2D eigenvalue weighted by molar-refractivity contribution is 5.85. The number of ether oxygens (including phenoxy) is 1. The number of nitriles is 1. The Labute approximate surface area is 123 Å². The Morgan fingerprint density at radius 2 is 2.24 bits per heavy atom. The molecule has 1 fully saturated rings. The number of rotatable bonds is 6. The lowest BCUT2D eigenvalue weighted by atomic mass is 10.2. The molecular formula is C15H17N3O3. The number of amides is 2. The van der Waals surface area contributed by atoms with Gasteiger partial charge in [0.15, 0.2) is 6.61 Å². The van der Waals surface area contributed by atoms with Crippen LogP contribution in [0.4, 0.5) is 0 Å². The zero-order valence-corrected chi connectivity index (χ0v) is 11.8. The van der Waals surface area contributed by atoms with Crippen LogP contribution in [-0.2, 0) is 9.59 Å². The molecular weight excluding hydrogens is 270 g/mol. The molecule has 1 aliphatic carbocycles. The van der Waals surface area contributed by atoms with E-state index in [-0.39, 0.29) is 31.0 Å². The number of likely N-dealkylation sites (N-methyl/N-ethyl adjacent to an activating group) is 1. The topological polar surface area (TPSA) is 82.4 Å². The van der Waals surface area contributed by atoms with Crippen LogP contribution in [0.1, 0.15) is 18.4 Å². The van der Waals surface area contributed by atoms with Crippen LogP contribution < -0.4 is 10.1 Å². The predicted octanol–water partition coefficient (Wildman–Crippen LogP) is 0.674. The molecule has 0 aromatic heterocycles. The highest BCUT2D eigenvalue weighted by Crippen LogP contribution is 2.18. The molecule has 110 valence electrons. The fourth-order valence-electron chi connectivity index (χ4n) is 1.72. The minimum atomic E-state index is -0.289. The van der Waals surface area contributed by atoms with Crippen molar-refractivity contribution in [3.05, 3.63) is 29.8 Å². The summed E-state index contributed by atoms with van der Waals surface area (Å²) < 4.78 is 5.33. The normalized spacial score (nSPS) is 13.1. The van der Waals surface area contributed by atoms with Gasteiger partial charge in [0.05, 0.1) is 18.2 Å². The maximum absolute atomic E-state index is 11.9. The van der Waals surface area contributed by atoms with Crippen molar-refractivity contribution in [3.8, 4) is 11.8 Å². The van der Waals surface area contributed by atoms with Crippen LogP contribution in [0.15, 0.2) is 24.3 Å². The van der Waals surface area contributed by atoms with E-state index in [4.69, 9.17) is 10.00 Å². The average Bonchev–Trinajstić information content (AvgIpc) is 3.28. The molecule has 6 nitrogen and oxygen atoms in total. The van der Waals surface area contributed by atoms with Crippen molar-refractivity contribution >= 4 is 11.8 Å². The van der Waals surface area contributed by atoms with Crippen molar-refractivity contribution < 1.29 is 14.3 Å². The second kappa shape index (κ2) is 6.75. The first-order valence-electron chi connectivity index (χ1n) is 6.75. The number of carbonyl (C=O) groups is 2.